The summed E-state index contributed by atoms with van der Waals surface area (Å²) in [6, 6.07) is 10.2. The number of likely N-dealkylation sites (tertiary alicyclic amines) is 1. The summed E-state index contributed by atoms with van der Waals surface area (Å²) < 4.78 is 16.7. The van der Waals surface area contributed by atoms with Crippen molar-refractivity contribution in [1.29, 1.82) is 0 Å². The molecule has 0 bridgehead atoms. The minimum absolute atomic E-state index is 0.0925. The van der Waals surface area contributed by atoms with Crippen molar-refractivity contribution in [3.05, 3.63) is 52.1 Å². The molecule has 1 saturated heterocycles. The van der Waals surface area contributed by atoms with Gasteiger partial charge < -0.3 is 19.5 Å². The van der Waals surface area contributed by atoms with Crippen molar-refractivity contribution in [3.8, 4) is 17.2 Å². The summed E-state index contributed by atoms with van der Waals surface area (Å²) in [4.78, 5) is 25.4. The van der Waals surface area contributed by atoms with Crippen LogP contribution in [0.4, 0.5) is 11.4 Å². The molecule has 2 aromatic rings. The van der Waals surface area contributed by atoms with Crippen LogP contribution in [0.1, 0.15) is 30.9 Å². The molecule has 2 heterocycles. The lowest BCUT2D eigenvalue weighted by Crippen LogP contribution is -2.33. The number of anilines is 1. The second-order valence-corrected chi connectivity index (χ2v) is 7.58. The Morgan fingerprint density at radius 2 is 2.00 bits per heavy atom. The van der Waals surface area contributed by atoms with Gasteiger partial charge in [-0.15, -0.1) is 0 Å². The third kappa shape index (κ3) is 4.72. The van der Waals surface area contributed by atoms with Crippen molar-refractivity contribution in [2.75, 3.05) is 38.7 Å². The van der Waals surface area contributed by atoms with Crippen LogP contribution in [-0.2, 0) is 4.79 Å². The lowest BCUT2D eigenvalue weighted by atomic mass is 10.0. The number of ether oxygens (including phenoxy) is 3. The molecule has 164 valence electrons. The second kappa shape index (κ2) is 9.22. The molecule has 31 heavy (non-hydrogen) atoms. The van der Waals surface area contributed by atoms with Gasteiger partial charge in [-0.05, 0) is 43.1 Å². The highest BCUT2D eigenvalue weighted by atomic mass is 16.6. The molecule has 4 rings (SSSR count). The predicted molar refractivity (Wildman–Crippen MR) is 114 cm³/mol. The number of fused-ring (bicyclic) bond motifs is 1. The van der Waals surface area contributed by atoms with Gasteiger partial charge in [0.25, 0.3) is 5.69 Å². The van der Waals surface area contributed by atoms with Gasteiger partial charge in [-0.1, -0.05) is 6.07 Å². The average molecular weight is 427 g/mol. The SMILES string of the molecule is COc1ccc([N+](=O)[O-])cc1NC(=O)CN1CCC[C@@H]1c1ccc2c(c1)OCCCO2. The molecule has 0 radical (unpaired) electrons. The first-order valence-corrected chi connectivity index (χ1v) is 10.3. The van der Waals surface area contributed by atoms with E-state index >= 15 is 0 Å². The van der Waals surface area contributed by atoms with Crippen LogP contribution < -0.4 is 19.5 Å². The van der Waals surface area contributed by atoms with E-state index in [1.807, 2.05) is 18.2 Å². The van der Waals surface area contributed by atoms with E-state index < -0.39 is 4.92 Å². The first kappa shape index (κ1) is 20.9. The number of amides is 1. The van der Waals surface area contributed by atoms with E-state index in [1.54, 1.807) is 0 Å². The quantitative estimate of drug-likeness (QED) is 0.555. The van der Waals surface area contributed by atoms with E-state index in [0.29, 0.717) is 19.0 Å². The Balaban J connectivity index is 1.47. The van der Waals surface area contributed by atoms with E-state index in [-0.39, 0.29) is 29.9 Å². The molecule has 1 fully saturated rings. The number of hydrogen-bond acceptors (Lipinski definition) is 7. The van der Waals surface area contributed by atoms with Crippen molar-refractivity contribution >= 4 is 17.3 Å². The van der Waals surface area contributed by atoms with E-state index in [1.165, 1.54) is 25.3 Å². The number of nitro groups is 1. The van der Waals surface area contributed by atoms with Crippen LogP contribution >= 0.6 is 0 Å². The predicted octanol–water partition coefficient (Wildman–Crippen LogP) is 3.54. The minimum atomic E-state index is -0.504. The summed E-state index contributed by atoms with van der Waals surface area (Å²) >= 11 is 0. The van der Waals surface area contributed by atoms with E-state index in [2.05, 4.69) is 10.2 Å². The normalized spacial score (nSPS) is 18.3. The summed E-state index contributed by atoms with van der Waals surface area (Å²) in [5, 5.41) is 13.8. The first-order valence-electron chi connectivity index (χ1n) is 10.3. The minimum Gasteiger partial charge on any atom is -0.495 e. The maximum absolute atomic E-state index is 12.7. The molecule has 0 aromatic heterocycles. The molecule has 0 spiro atoms. The standard InChI is InChI=1S/C22H25N3O6/c1-29-19-8-6-16(25(27)28)13-17(19)23-22(26)14-24-9-2-4-18(24)15-5-7-20-21(12-15)31-11-3-10-30-20/h5-8,12-13,18H,2-4,9-11,14H2,1H3,(H,23,26)/t18-/m1/s1. The van der Waals surface area contributed by atoms with Crippen LogP contribution in [0, 0.1) is 10.1 Å². The number of hydrogen-bond donors (Lipinski definition) is 1. The molecule has 1 amide bonds. The van der Waals surface area contributed by atoms with Crippen LogP contribution in [0.5, 0.6) is 17.2 Å². The lowest BCUT2D eigenvalue weighted by molar-refractivity contribution is -0.384. The molecule has 1 N–H and O–H groups in total. The average Bonchev–Trinajstić information content (AvgIpc) is 3.08. The van der Waals surface area contributed by atoms with E-state index in [9.17, 15) is 14.9 Å². The molecular formula is C22H25N3O6. The zero-order valence-electron chi connectivity index (χ0n) is 17.3. The molecule has 2 aromatic carbocycles. The Labute approximate surface area is 180 Å². The van der Waals surface area contributed by atoms with Crippen LogP contribution in [0.3, 0.4) is 0 Å². The number of non-ortho nitro benzene ring substituents is 1. The highest BCUT2D eigenvalue weighted by Crippen LogP contribution is 2.38. The van der Waals surface area contributed by atoms with Gasteiger partial charge in [-0.2, -0.15) is 0 Å². The summed E-state index contributed by atoms with van der Waals surface area (Å²) in [6.45, 7) is 2.23. The van der Waals surface area contributed by atoms with Crippen LogP contribution in [-0.4, -0.2) is 49.1 Å². The molecule has 2 aliphatic rings. The Hall–Kier alpha value is -3.33. The van der Waals surface area contributed by atoms with E-state index in [4.69, 9.17) is 14.2 Å². The van der Waals surface area contributed by atoms with Crippen LogP contribution in [0.15, 0.2) is 36.4 Å². The second-order valence-electron chi connectivity index (χ2n) is 7.58. The Morgan fingerprint density at radius 1 is 1.19 bits per heavy atom. The van der Waals surface area contributed by atoms with Crippen molar-refractivity contribution in [3.63, 3.8) is 0 Å². The largest absolute Gasteiger partial charge is 0.495 e. The zero-order valence-corrected chi connectivity index (χ0v) is 17.3. The maximum Gasteiger partial charge on any atom is 0.271 e. The molecule has 0 aliphatic carbocycles. The van der Waals surface area contributed by atoms with Gasteiger partial charge in [-0.3, -0.25) is 19.8 Å². The van der Waals surface area contributed by atoms with Crippen LogP contribution in [0.25, 0.3) is 0 Å². The van der Waals surface area contributed by atoms with Crippen molar-refractivity contribution in [2.45, 2.75) is 25.3 Å². The number of nitrogens with zero attached hydrogens (tertiary/aromatic N) is 2. The number of carbonyl (C=O) groups is 1. The summed E-state index contributed by atoms with van der Waals surface area (Å²) in [5.74, 6) is 1.62. The molecule has 0 unspecified atom stereocenters. The Kier molecular flexibility index (Phi) is 6.22. The van der Waals surface area contributed by atoms with Crippen molar-refractivity contribution in [1.82, 2.24) is 4.90 Å². The van der Waals surface area contributed by atoms with Crippen molar-refractivity contribution < 1.29 is 23.9 Å². The number of rotatable bonds is 6. The first-order chi connectivity index (χ1) is 15.0. The van der Waals surface area contributed by atoms with Crippen molar-refractivity contribution in [2.24, 2.45) is 0 Å². The van der Waals surface area contributed by atoms with Gasteiger partial charge in [0.05, 0.1) is 37.5 Å². The van der Waals surface area contributed by atoms with E-state index in [0.717, 1.165) is 42.9 Å². The molecule has 1 atom stereocenters. The number of nitro benzene ring substituents is 1. The summed E-state index contributed by atoms with van der Waals surface area (Å²) in [7, 11) is 1.46. The third-order valence-electron chi connectivity index (χ3n) is 5.53. The maximum atomic E-state index is 12.7. The molecule has 2 aliphatic heterocycles. The number of carbonyl (C=O) groups excluding carboxylic acids is 1. The molecular weight excluding hydrogens is 402 g/mol. The fourth-order valence-corrected chi connectivity index (χ4v) is 4.06. The van der Waals surface area contributed by atoms with Crippen LogP contribution in [0.2, 0.25) is 0 Å². The monoisotopic (exact) mass is 427 g/mol. The summed E-state index contributed by atoms with van der Waals surface area (Å²) in [6.07, 6.45) is 2.76. The topological polar surface area (TPSA) is 103 Å². The fraction of sp³-hybridized carbons (Fsp3) is 0.409. The third-order valence-corrected chi connectivity index (χ3v) is 5.53. The number of nitrogens with one attached hydrogen (secondary N) is 1. The zero-order chi connectivity index (χ0) is 21.8. The highest BCUT2D eigenvalue weighted by Gasteiger charge is 2.29. The number of methoxy groups -OCH3 is 1. The van der Waals surface area contributed by atoms with Gasteiger partial charge in [0.1, 0.15) is 5.75 Å². The summed E-state index contributed by atoms with van der Waals surface area (Å²) in [5.41, 5.74) is 1.26. The Morgan fingerprint density at radius 3 is 2.77 bits per heavy atom. The van der Waals surface area contributed by atoms with Gasteiger partial charge in [0, 0.05) is 24.6 Å². The highest BCUT2D eigenvalue weighted by molar-refractivity contribution is 5.94. The number of benzene rings is 2. The molecule has 9 heteroatoms. The Bertz CT molecular complexity index is 980. The lowest BCUT2D eigenvalue weighted by Gasteiger charge is -2.25. The fourth-order valence-electron chi connectivity index (χ4n) is 4.06. The van der Waals surface area contributed by atoms with Gasteiger partial charge >= 0.3 is 0 Å². The smallest absolute Gasteiger partial charge is 0.271 e. The molecule has 9 nitrogen and oxygen atoms in total. The van der Waals surface area contributed by atoms with Gasteiger partial charge in [0.2, 0.25) is 5.91 Å². The van der Waals surface area contributed by atoms with Gasteiger partial charge in [-0.25, -0.2) is 0 Å². The van der Waals surface area contributed by atoms with Gasteiger partial charge in [0.15, 0.2) is 11.5 Å². The molecule has 0 saturated carbocycles.